The van der Waals surface area contributed by atoms with Crippen LogP contribution >= 0.6 is 0 Å². The summed E-state index contributed by atoms with van der Waals surface area (Å²) in [6.07, 6.45) is 5.41. The van der Waals surface area contributed by atoms with Crippen molar-refractivity contribution in [3.63, 3.8) is 0 Å². The van der Waals surface area contributed by atoms with E-state index in [1.807, 2.05) is 13.8 Å². The molecule has 1 aliphatic heterocycles. The fourth-order valence-electron chi connectivity index (χ4n) is 2.66. The molecule has 0 aliphatic carbocycles. The van der Waals surface area contributed by atoms with E-state index in [4.69, 9.17) is 4.74 Å². The lowest BCUT2D eigenvalue weighted by Gasteiger charge is -2.26. The second-order valence-corrected chi connectivity index (χ2v) is 5.60. The molecule has 1 fully saturated rings. The normalized spacial score (nSPS) is 19.6. The van der Waals surface area contributed by atoms with E-state index in [2.05, 4.69) is 5.32 Å². The van der Waals surface area contributed by atoms with E-state index in [0.29, 0.717) is 19.4 Å². The van der Waals surface area contributed by atoms with Gasteiger partial charge in [0, 0.05) is 19.6 Å². The van der Waals surface area contributed by atoms with Crippen LogP contribution < -0.4 is 5.32 Å². The first-order valence-corrected chi connectivity index (χ1v) is 7.65. The van der Waals surface area contributed by atoms with E-state index in [1.54, 1.807) is 0 Å². The fourth-order valence-corrected chi connectivity index (χ4v) is 2.66. The molecule has 116 valence electrons. The summed E-state index contributed by atoms with van der Waals surface area (Å²) >= 11 is 0. The number of carboxylic acids is 1. The number of hydrogen-bond donors (Lipinski definition) is 2. The van der Waals surface area contributed by atoms with Crippen molar-refractivity contribution in [1.29, 1.82) is 0 Å². The fraction of sp³-hybridized carbons (Fsp3) is 0.867. The number of rotatable bonds is 8. The van der Waals surface area contributed by atoms with Crippen LogP contribution in [0, 0.1) is 5.41 Å². The molecule has 0 aromatic heterocycles. The Bertz CT molecular complexity index is 320. The maximum atomic E-state index is 11.9. The summed E-state index contributed by atoms with van der Waals surface area (Å²) in [6.45, 7) is 5.01. The number of carbonyl (C=O) groups is 2. The van der Waals surface area contributed by atoms with Gasteiger partial charge in [-0.05, 0) is 38.5 Å². The maximum absolute atomic E-state index is 11.9. The third-order valence-electron chi connectivity index (χ3n) is 4.37. The van der Waals surface area contributed by atoms with Gasteiger partial charge in [0.25, 0.3) is 0 Å². The smallest absolute Gasteiger partial charge is 0.310 e. The number of aliphatic carboxylic acids is 1. The van der Waals surface area contributed by atoms with Gasteiger partial charge in [0.1, 0.15) is 0 Å². The molecular weight excluding hydrogens is 258 g/mol. The second-order valence-electron chi connectivity index (χ2n) is 5.60. The minimum atomic E-state index is -0.925. The monoisotopic (exact) mass is 285 g/mol. The summed E-state index contributed by atoms with van der Waals surface area (Å²) in [7, 11) is 0. The van der Waals surface area contributed by atoms with Gasteiger partial charge in [0.2, 0.25) is 5.91 Å². The van der Waals surface area contributed by atoms with Crippen molar-refractivity contribution >= 4 is 11.9 Å². The highest BCUT2D eigenvalue weighted by Crippen LogP contribution is 2.30. The molecule has 0 saturated carbocycles. The highest BCUT2D eigenvalue weighted by molar-refractivity contribution is 5.84. The quantitative estimate of drug-likeness (QED) is 0.717. The molecule has 0 bridgehead atoms. The molecule has 5 heteroatoms. The lowest BCUT2D eigenvalue weighted by Crippen LogP contribution is -2.38. The van der Waals surface area contributed by atoms with Crippen LogP contribution in [0.3, 0.4) is 0 Å². The highest BCUT2D eigenvalue weighted by atomic mass is 16.5. The molecule has 5 nitrogen and oxygen atoms in total. The Balaban J connectivity index is 2.32. The SMILES string of the molecule is CCC(CC)(CC(=O)NCCC1CCCCO1)C(=O)O. The van der Waals surface area contributed by atoms with E-state index in [9.17, 15) is 14.7 Å². The van der Waals surface area contributed by atoms with Crippen molar-refractivity contribution in [2.24, 2.45) is 5.41 Å². The van der Waals surface area contributed by atoms with Crippen molar-refractivity contribution in [3.05, 3.63) is 0 Å². The molecule has 20 heavy (non-hydrogen) atoms. The Morgan fingerprint density at radius 3 is 2.50 bits per heavy atom. The minimum absolute atomic E-state index is 0.0564. The van der Waals surface area contributed by atoms with E-state index in [-0.39, 0.29) is 18.4 Å². The van der Waals surface area contributed by atoms with Gasteiger partial charge in [0.05, 0.1) is 11.5 Å². The van der Waals surface area contributed by atoms with Crippen molar-refractivity contribution < 1.29 is 19.4 Å². The van der Waals surface area contributed by atoms with Crippen LogP contribution in [0.15, 0.2) is 0 Å². The first kappa shape index (κ1) is 17.0. The lowest BCUT2D eigenvalue weighted by atomic mass is 9.79. The zero-order valence-electron chi connectivity index (χ0n) is 12.6. The molecule has 1 amide bonds. The molecule has 0 aromatic carbocycles. The zero-order valence-corrected chi connectivity index (χ0v) is 12.6. The Hall–Kier alpha value is -1.10. The van der Waals surface area contributed by atoms with E-state index < -0.39 is 11.4 Å². The Labute approximate surface area is 121 Å². The second kappa shape index (κ2) is 8.25. The van der Waals surface area contributed by atoms with Gasteiger partial charge in [-0.2, -0.15) is 0 Å². The summed E-state index contributed by atoms with van der Waals surface area (Å²) in [5.74, 6) is -1.06. The Morgan fingerprint density at radius 1 is 1.30 bits per heavy atom. The molecule has 0 aromatic rings. The number of carbonyl (C=O) groups excluding carboxylic acids is 1. The van der Waals surface area contributed by atoms with Crippen molar-refractivity contribution in [1.82, 2.24) is 5.32 Å². The van der Waals surface area contributed by atoms with Gasteiger partial charge >= 0.3 is 5.97 Å². The van der Waals surface area contributed by atoms with Crippen LogP contribution in [0.2, 0.25) is 0 Å². The van der Waals surface area contributed by atoms with Gasteiger partial charge in [-0.1, -0.05) is 13.8 Å². The largest absolute Gasteiger partial charge is 0.481 e. The molecule has 0 radical (unpaired) electrons. The van der Waals surface area contributed by atoms with Crippen molar-refractivity contribution in [2.45, 2.75) is 64.9 Å². The van der Waals surface area contributed by atoms with Crippen LogP contribution in [0.5, 0.6) is 0 Å². The molecule has 1 saturated heterocycles. The molecule has 2 N–H and O–H groups in total. The summed E-state index contributed by atoms with van der Waals surface area (Å²) in [5.41, 5.74) is -0.925. The standard InChI is InChI=1S/C15H27NO4/c1-3-15(4-2,14(18)19)11-13(17)16-9-8-12-7-5-6-10-20-12/h12H,3-11H2,1-2H3,(H,16,17)(H,18,19). The van der Waals surface area contributed by atoms with E-state index in [0.717, 1.165) is 25.9 Å². The Morgan fingerprint density at radius 2 is 2.00 bits per heavy atom. The molecule has 1 atom stereocenters. The van der Waals surface area contributed by atoms with Gasteiger partial charge in [-0.15, -0.1) is 0 Å². The van der Waals surface area contributed by atoms with Gasteiger partial charge in [0.15, 0.2) is 0 Å². The van der Waals surface area contributed by atoms with E-state index >= 15 is 0 Å². The average Bonchev–Trinajstić information content (AvgIpc) is 2.45. The average molecular weight is 285 g/mol. The molecule has 1 rings (SSSR count). The summed E-state index contributed by atoms with van der Waals surface area (Å²) in [6, 6.07) is 0. The maximum Gasteiger partial charge on any atom is 0.310 e. The van der Waals surface area contributed by atoms with Gasteiger partial charge in [-0.3, -0.25) is 9.59 Å². The third kappa shape index (κ3) is 4.78. The molecule has 1 unspecified atom stereocenters. The van der Waals surface area contributed by atoms with Crippen LogP contribution in [-0.2, 0) is 14.3 Å². The Kier molecular flexibility index (Phi) is 6.99. The third-order valence-corrected chi connectivity index (χ3v) is 4.37. The minimum Gasteiger partial charge on any atom is -0.481 e. The van der Waals surface area contributed by atoms with Crippen LogP contribution in [0.25, 0.3) is 0 Å². The molecule has 1 aliphatic rings. The van der Waals surface area contributed by atoms with Crippen LogP contribution in [-0.4, -0.2) is 36.2 Å². The van der Waals surface area contributed by atoms with Crippen molar-refractivity contribution in [2.75, 3.05) is 13.2 Å². The molecule has 0 spiro atoms. The first-order chi connectivity index (χ1) is 9.54. The number of nitrogens with one attached hydrogen (secondary N) is 1. The van der Waals surface area contributed by atoms with Gasteiger partial charge in [-0.25, -0.2) is 0 Å². The number of carboxylic acid groups (broad SMARTS) is 1. The number of hydrogen-bond acceptors (Lipinski definition) is 3. The number of ether oxygens (including phenoxy) is 1. The topological polar surface area (TPSA) is 75.6 Å². The lowest BCUT2D eigenvalue weighted by molar-refractivity contribution is -0.152. The first-order valence-electron chi connectivity index (χ1n) is 7.65. The summed E-state index contributed by atoms with van der Waals surface area (Å²) < 4.78 is 5.60. The van der Waals surface area contributed by atoms with Crippen LogP contribution in [0.4, 0.5) is 0 Å². The van der Waals surface area contributed by atoms with Crippen molar-refractivity contribution in [3.8, 4) is 0 Å². The molecular formula is C15H27NO4. The number of amides is 1. The molecule has 1 heterocycles. The predicted molar refractivity (Wildman–Crippen MR) is 76.5 cm³/mol. The predicted octanol–water partition coefficient (Wildman–Crippen LogP) is 2.34. The summed E-state index contributed by atoms with van der Waals surface area (Å²) in [5, 5.41) is 12.1. The van der Waals surface area contributed by atoms with E-state index in [1.165, 1.54) is 6.42 Å². The summed E-state index contributed by atoms with van der Waals surface area (Å²) in [4.78, 5) is 23.2. The zero-order chi connectivity index (χ0) is 15.0. The van der Waals surface area contributed by atoms with Crippen LogP contribution in [0.1, 0.15) is 58.8 Å². The van der Waals surface area contributed by atoms with Gasteiger partial charge < -0.3 is 15.2 Å². The highest BCUT2D eigenvalue weighted by Gasteiger charge is 2.37.